The van der Waals surface area contributed by atoms with Crippen molar-refractivity contribution < 1.29 is 4.74 Å². The summed E-state index contributed by atoms with van der Waals surface area (Å²) in [5, 5.41) is 5.08. The lowest BCUT2D eigenvalue weighted by Crippen LogP contribution is -2.36. The molecule has 2 aliphatic rings. The van der Waals surface area contributed by atoms with Crippen molar-refractivity contribution in [1.82, 2.24) is 19.8 Å². The number of pyridine rings is 1. The summed E-state index contributed by atoms with van der Waals surface area (Å²) in [6, 6.07) is 14.1. The lowest BCUT2D eigenvalue weighted by Gasteiger charge is -2.30. The first-order chi connectivity index (χ1) is 16.0. The number of benzene rings is 1. The van der Waals surface area contributed by atoms with E-state index >= 15 is 0 Å². The third-order valence-electron chi connectivity index (χ3n) is 6.99. The third-order valence-corrected chi connectivity index (χ3v) is 7.58. The summed E-state index contributed by atoms with van der Waals surface area (Å²) in [6.07, 6.45) is 4.23. The van der Waals surface area contributed by atoms with E-state index in [4.69, 9.17) is 33.5 Å². The number of halogens is 1. The van der Waals surface area contributed by atoms with Crippen LogP contribution in [0, 0.1) is 20.8 Å². The largest absolute Gasteiger partial charge is 0.376 e. The topological polar surface area (TPSA) is 42.3 Å². The lowest BCUT2D eigenvalue weighted by molar-refractivity contribution is 0.0841. The number of aromatic nitrogens is 2. The maximum absolute atomic E-state index is 6.34. The zero-order valence-corrected chi connectivity index (χ0v) is 20.8. The minimum Gasteiger partial charge on any atom is -0.376 e. The van der Waals surface area contributed by atoms with Crippen molar-refractivity contribution in [2.45, 2.75) is 51.8 Å². The summed E-state index contributed by atoms with van der Waals surface area (Å²) < 4.78 is 8.30. The van der Waals surface area contributed by atoms with Crippen LogP contribution in [-0.4, -0.2) is 38.8 Å². The van der Waals surface area contributed by atoms with Gasteiger partial charge in [-0.15, -0.1) is 0 Å². The molecule has 2 fully saturated rings. The fraction of sp³-hybridized carbons (Fsp3) is 0.385. The highest BCUT2D eigenvalue weighted by atomic mass is 35.5. The third kappa shape index (κ3) is 4.05. The second-order valence-electron chi connectivity index (χ2n) is 8.94. The first-order valence-corrected chi connectivity index (χ1v) is 12.3. The molecular formula is C26H29ClN4OS. The van der Waals surface area contributed by atoms with Crippen molar-refractivity contribution in [2.75, 3.05) is 13.2 Å². The van der Waals surface area contributed by atoms with Gasteiger partial charge < -0.3 is 19.5 Å². The van der Waals surface area contributed by atoms with Crippen LogP contribution in [-0.2, 0) is 4.74 Å². The van der Waals surface area contributed by atoms with Gasteiger partial charge in [0.05, 0.1) is 23.9 Å². The smallest absolute Gasteiger partial charge is 0.170 e. The number of ether oxygens (including phenoxy) is 1. The van der Waals surface area contributed by atoms with Crippen LogP contribution < -0.4 is 5.32 Å². The van der Waals surface area contributed by atoms with E-state index in [1.165, 1.54) is 22.5 Å². The standard InChI is InChI=1S/C26H29ClN4OS/c1-16-17(2)31(20-9-6-8-19(27)14-20)18(3)23(16)25-24(22-11-4-5-12-28-22)29-26(33)30(25)15-21-10-7-13-32-21/h4-6,8-9,11-12,14,21,24-25H,7,10,13,15H2,1-3H3,(H,29,33). The van der Waals surface area contributed by atoms with Crippen LogP contribution in [0.4, 0.5) is 0 Å². The van der Waals surface area contributed by atoms with Gasteiger partial charge in [0.15, 0.2) is 5.11 Å². The number of thiocarbonyl (C=S) groups is 1. The Morgan fingerprint density at radius 1 is 1.15 bits per heavy atom. The molecule has 7 heteroatoms. The van der Waals surface area contributed by atoms with Crippen molar-refractivity contribution in [1.29, 1.82) is 0 Å². The van der Waals surface area contributed by atoms with Crippen LogP contribution in [0.3, 0.4) is 0 Å². The van der Waals surface area contributed by atoms with E-state index in [9.17, 15) is 0 Å². The van der Waals surface area contributed by atoms with Crippen molar-refractivity contribution in [2.24, 2.45) is 0 Å². The maximum Gasteiger partial charge on any atom is 0.170 e. The maximum atomic E-state index is 6.34. The lowest BCUT2D eigenvalue weighted by atomic mass is 9.93. The quantitative estimate of drug-likeness (QED) is 0.481. The highest BCUT2D eigenvalue weighted by Gasteiger charge is 2.43. The Balaban J connectivity index is 1.64. The molecule has 0 radical (unpaired) electrons. The minimum absolute atomic E-state index is 0.0238. The van der Waals surface area contributed by atoms with Gasteiger partial charge >= 0.3 is 0 Å². The van der Waals surface area contributed by atoms with Crippen molar-refractivity contribution in [3.05, 3.63) is 81.9 Å². The van der Waals surface area contributed by atoms with Crippen molar-refractivity contribution >= 4 is 28.9 Å². The predicted octanol–water partition coefficient (Wildman–Crippen LogP) is 5.60. The summed E-state index contributed by atoms with van der Waals surface area (Å²) in [7, 11) is 0. The molecule has 172 valence electrons. The molecule has 0 amide bonds. The molecule has 4 heterocycles. The summed E-state index contributed by atoms with van der Waals surface area (Å²) >= 11 is 12.2. The second-order valence-corrected chi connectivity index (χ2v) is 9.76. The molecule has 5 nitrogen and oxygen atoms in total. The van der Waals surface area contributed by atoms with E-state index in [-0.39, 0.29) is 18.2 Å². The molecule has 2 saturated heterocycles. The Morgan fingerprint density at radius 3 is 2.70 bits per heavy atom. The molecule has 0 saturated carbocycles. The van der Waals surface area contributed by atoms with Gasteiger partial charge in [0.2, 0.25) is 0 Å². The van der Waals surface area contributed by atoms with Gasteiger partial charge in [-0.05, 0) is 81.7 Å². The monoisotopic (exact) mass is 480 g/mol. The Labute approximate surface area is 205 Å². The van der Waals surface area contributed by atoms with Gasteiger partial charge in [0.25, 0.3) is 0 Å². The molecule has 0 bridgehead atoms. The van der Waals surface area contributed by atoms with Crippen LogP contribution in [0.2, 0.25) is 5.02 Å². The Hall–Kier alpha value is -2.41. The predicted molar refractivity (Wildman–Crippen MR) is 136 cm³/mol. The summed E-state index contributed by atoms with van der Waals surface area (Å²) in [5.74, 6) is 0. The molecule has 3 aromatic rings. The van der Waals surface area contributed by atoms with Crippen molar-refractivity contribution in [3.63, 3.8) is 0 Å². The Kier molecular flexibility index (Phi) is 6.16. The molecule has 5 rings (SSSR count). The van der Waals surface area contributed by atoms with E-state index < -0.39 is 0 Å². The first-order valence-electron chi connectivity index (χ1n) is 11.5. The highest BCUT2D eigenvalue weighted by Crippen LogP contribution is 2.43. The van der Waals surface area contributed by atoms with Crippen LogP contribution in [0.15, 0.2) is 48.7 Å². The fourth-order valence-corrected chi connectivity index (χ4v) is 5.87. The zero-order valence-electron chi connectivity index (χ0n) is 19.2. The van der Waals surface area contributed by atoms with E-state index in [1.54, 1.807) is 0 Å². The minimum atomic E-state index is -0.0351. The Morgan fingerprint density at radius 2 is 2.00 bits per heavy atom. The first kappa shape index (κ1) is 22.4. The molecule has 1 N–H and O–H groups in total. The number of hydrogen-bond acceptors (Lipinski definition) is 3. The number of nitrogens with zero attached hydrogens (tertiary/aromatic N) is 3. The molecule has 3 atom stereocenters. The number of nitrogens with one attached hydrogen (secondary N) is 1. The molecule has 2 aromatic heterocycles. The fourth-order valence-electron chi connectivity index (χ4n) is 5.37. The van der Waals surface area contributed by atoms with Crippen LogP contribution in [0.5, 0.6) is 0 Å². The molecule has 0 aliphatic carbocycles. The number of hydrogen-bond donors (Lipinski definition) is 1. The van der Waals surface area contributed by atoms with E-state index in [2.05, 4.69) is 47.7 Å². The van der Waals surface area contributed by atoms with Gasteiger partial charge in [-0.25, -0.2) is 0 Å². The molecule has 0 spiro atoms. The van der Waals surface area contributed by atoms with Gasteiger partial charge in [0, 0.05) is 47.0 Å². The SMILES string of the molecule is Cc1c(C2C(c3ccccn3)NC(=S)N2CC2CCCO2)c(C)n(-c2cccc(Cl)c2)c1C. The van der Waals surface area contributed by atoms with E-state index in [0.717, 1.165) is 47.5 Å². The van der Waals surface area contributed by atoms with Crippen LogP contribution >= 0.6 is 23.8 Å². The van der Waals surface area contributed by atoms with Gasteiger partial charge in [0.1, 0.15) is 0 Å². The molecule has 1 aromatic carbocycles. The summed E-state index contributed by atoms with van der Waals surface area (Å²) in [4.78, 5) is 7.01. The van der Waals surface area contributed by atoms with E-state index in [1.807, 2.05) is 36.5 Å². The normalized spacial score (nSPS) is 22.7. The average molecular weight is 481 g/mol. The molecule has 3 unspecified atom stereocenters. The average Bonchev–Trinajstić information content (AvgIpc) is 3.49. The van der Waals surface area contributed by atoms with Gasteiger partial charge in [-0.1, -0.05) is 23.7 Å². The Bertz CT molecular complexity index is 1170. The van der Waals surface area contributed by atoms with Gasteiger partial charge in [-0.3, -0.25) is 4.98 Å². The number of rotatable bonds is 5. The van der Waals surface area contributed by atoms with Crippen molar-refractivity contribution in [3.8, 4) is 5.69 Å². The van der Waals surface area contributed by atoms with Gasteiger partial charge in [-0.2, -0.15) is 0 Å². The second kappa shape index (κ2) is 9.09. The summed E-state index contributed by atoms with van der Waals surface area (Å²) in [5.41, 5.74) is 7.02. The highest BCUT2D eigenvalue weighted by molar-refractivity contribution is 7.80. The van der Waals surface area contributed by atoms with Crippen LogP contribution in [0.1, 0.15) is 53.1 Å². The zero-order chi connectivity index (χ0) is 23.1. The van der Waals surface area contributed by atoms with E-state index in [0.29, 0.717) is 0 Å². The molecule has 33 heavy (non-hydrogen) atoms. The summed E-state index contributed by atoms with van der Waals surface area (Å²) in [6.45, 7) is 8.18. The van der Waals surface area contributed by atoms with Crippen LogP contribution in [0.25, 0.3) is 5.69 Å². The molecular weight excluding hydrogens is 452 g/mol. The molecule has 2 aliphatic heterocycles.